The first kappa shape index (κ1) is 15.1. The summed E-state index contributed by atoms with van der Waals surface area (Å²) < 4.78 is 34.0. The number of para-hydroxylation sites is 1. The average Bonchev–Trinajstić information content (AvgIpc) is 2.48. The zero-order chi connectivity index (χ0) is 15.1. The highest BCUT2D eigenvalue weighted by molar-refractivity contribution is 5.47. The van der Waals surface area contributed by atoms with Crippen molar-refractivity contribution in [2.45, 2.75) is 20.1 Å². The fourth-order valence-electron chi connectivity index (χ4n) is 1.90. The number of rotatable bonds is 7. The predicted octanol–water partition coefficient (Wildman–Crippen LogP) is 4.30. The van der Waals surface area contributed by atoms with Crippen molar-refractivity contribution in [2.24, 2.45) is 0 Å². The standard InChI is InChI=1S/C16H17F2NO2/c1-2-20-15-6-4-3-5-12(15)11-19-13-7-9-14(10-8-13)21-16(17)18/h3-10,16,19H,2,11H2,1H3. The van der Waals surface area contributed by atoms with E-state index in [1.54, 1.807) is 12.1 Å². The van der Waals surface area contributed by atoms with Gasteiger partial charge in [0.15, 0.2) is 0 Å². The molecule has 0 aliphatic carbocycles. The summed E-state index contributed by atoms with van der Waals surface area (Å²) in [6, 6.07) is 14.2. The Bertz CT molecular complexity index is 558. The molecule has 21 heavy (non-hydrogen) atoms. The third-order valence-electron chi connectivity index (χ3n) is 2.83. The number of benzene rings is 2. The van der Waals surface area contributed by atoms with E-state index in [4.69, 9.17) is 4.74 Å². The Hall–Kier alpha value is -2.30. The molecule has 0 atom stereocenters. The van der Waals surface area contributed by atoms with Gasteiger partial charge in [0, 0.05) is 17.8 Å². The van der Waals surface area contributed by atoms with Crippen molar-refractivity contribution in [2.75, 3.05) is 11.9 Å². The van der Waals surface area contributed by atoms with Gasteiger partial charge >= 0.3 is 6.61 Å². The first-order valence-electron chi connectivity index (χ1n) is 6.68. The van der Waals surface area contributed by atoms with E-state index in [2.05, 4.69) is 10.1 Å². The van der Waals surface area contributed by atoms with Gasteiger partial charge in [-0.05, 0) is 37.3 Å². The van der Waals surface area contributed by atoms with Crippen LogP contribution in [0, 0.1) is 0 Å². The van der Waals surface area contributed by atoms with Crippen molar-refractivity contribution < 1.29 is 18.3 Å². The number of alkyl halides is 2. The highest BCUT2D eigenvalue weighted by atomic mass is 19.3. The molecule has 5 heteroatoms. The normalized spacial score (nSPS) is 10.5. The van der Waals surface area contributed by atoms with E-state index in [0.29, 0.717) is 13.2 Å². The lowest BCUT2D eigenvalue weighted by Gasteiger charge is -2.12. The van der Waals surface area contributed by atoms with Crippen LogP contribution in [0.15, 0.2) is 48.5 Å². The molecule has 0 saturated heterocycles. The van der Waals surface area contributed by atoms with Gasteiger partial charge in [0.1, 0.15) is 11.5 Å². The average molecular weight is 293 g/mol. The molecule has 1 N–H and O–H groups in total. The molecule has 3 nitrogen and oxygen atoms in total. The lowest BCUT2D eigenvalue weighted by Crippen LogP contribution is -2.04. The number of hydrogen-bond acceptors (Lipinski definition) is 3. The largest absolute Gasteiger partial charge is 0.494 e. The van der Waals surface area contributed by atoms with Gasteiger partial charge in [-0.2, -0.15) is 8.78 Å². The number of hydrogen-bond donors (Lipinski definition) is 1. The molecule has 0 aromatic heterocycles. The van der Waals surface area contributed by atoms with E-state index in [0.717, 1.165) is 17.0 Å². The highest BCUT2D eigenvalue weighted by Crippen LogP contribution is 2.21. The van der Waals surface area contributed by atoms with E-state index in [-0.39, 0.29) is 5.75 Å². The molecule has 0 unspecified atom stereocenters. The summed E-state index contributed by atoms with van der Waals surface area (Å²) >= 11 is 0. The van der Waals surface area contributed by atoms with Crippen molar-refractivity contribution in [1.29, 1.82) is 0 Å². The molecular weight excluding hydrogens is 276 g/mol. The van der Waals surface area contributed by atoms with Crippen LogP contribution < -0.4 is 14.8 Å². The monoisotopic (exact) mass is 293 g/mol. The van der Waals surface area contributed by atoms with Gasteiger partial charge < -0.3 is 14.8 Å². The Morgan fingerprint density at radius 1 is 1.05 bits per heavy atom. The first-order chi connectivity index (χ1) is 10.2. The van der Waals surface area contributed by atoms with Crippen LogP contribution in [-0.4, -0.2) is 13.2 Å². The second-order valence-corrected chi connectivity index (χ2v) is 4.30. The van der Waals surface area contributed by atoms with Crippen LogP contribution in [0.25, 0.3) is 0 Å². The van der Waals surface area contributed by atoms with Crippen LogP contribution in [-0.2, 0) is 6.54 Å². The van der Waals surface area contributed by atoms with Crippen LogP contribution in [0.1, 0.15) is 12.5 Å². The maximum atomic E-state index is 12.1. The SMILES string of the molecule is CCOc1ccccc1CNc1ccc(OC(F)F)cc1. The van der Waals surface area contributed by atoms with Crippen molar-refractivity contribution in [3.8, 4) is 11.5 Å². The summed E-state index contributed by atoms with van der Waals surface area (Å²) in [5.41, 5.74) is 1.86. The Morgan fingerprint density at radius 3 is 2.43 bits per heavy atom. The van der Waals surface area contributed by atoms with E-state index >= 15 is 0 Å². The second kappa shape index (κ2) is 7.47. The maximum absolute atomic E-state index is 12.1. The van der Waals surface area contributed by atoms with Gasteiger partial charge in [0.25, 0.3) is 0 Å². The van der Waals surface area contributed by atoms with Crippen molar-refractivity contribution in [3.05, 3.63) is 54.1 Å². The minimum absolute atomic E-state index is 0.144. The molecule has 0 aliphatic rings. The number of anilines is 1. The lowest BCUT2D eigenvalue weighted by molar-refractivity contribution is -0.0498. The van der Waals surface area contributed by atoms with Gasteiger partial charge in [0.2, 0.25) is 0 Å². The highest BCUT2D eigenvalue weighted by Gasteiger charge is 2.05. The van der Waals surface area contributed by atoms with Crippen molar-refractivity contribution in [3.63, 3.8) is 0 Å². The quantitative estimate of drug-likeness (QED) is 0.825. The molecule has 0 saturated carbocycles. The van der Waals surface area contributed by atoms with Gasteiger partial charge in [-0.25, -0.2) is 0 Å². The molecule has 0 radical (unpaired) electrons. The topological polar surface area (TPSA) is 30.5 Å². The van der Waals surface area contributed by atoms with Crippen LogP contribution in [0.4, 0.5) is 14.5 Å². The minimum atomic E-state index is -2.80. The van der Waals surface area contributed by atoms with Crippen molar-refractivity contribution >= 4 is 5.69 Å². The molecule has 0 bridgehead atoms. The molecule has 2 rings (SSSR count). The van der Waals surface area contributed by atoms with E-state index < -0.39 is 6.61 Å². The minimum Gasteiger partial charge on any atom is -0.494 e. The molecule has 0 aliphatic heterocycles. The Kier molecular flexibility index (Phi) is 5.37. The molecule has 112 valence electrons. The predicted molar refractivity (Wildman–Crippen MR) is 78.0 cm³/mol. The summed E-state index contributed by atoms with van der Waals surface area (Å²) in [5.74, 6) is 0.982. The van der Waals surface area contributed by atoms with E-state index in [9.17, 15) is 8.78 Å². The molecule has 0 spiro atoms. The summed E-state index contributed by atoms with van der Waals surface area (Å²) in [6.07, 6.45) is 0. The van der Waals surface area contributed by atoms with E-state index in [1.165, 1.54) is 12.1 Å². The summed E-state index contributed by atoms with van der Waals surface area (Å²) in [4.78, 5) is 0. The van der Waals surface area contributed by atoms with Gasteiger partial charge in [-0.3, -0.25) is 0 Å². The van der Waals surface area contributed by atoms with Crippen molar-refractivity contribution in [1.82, 2.24) is 0 Å². The summed E-state index contributed by atoms with van der Waals surface area (Å²) in [7, 11) is 0. The fourth-order valence-corrected chi connectivity index (χ4v) is 1.90. The molecule has 2 aromatic carbocycles. The van der Waals surface area contributed by atoms with Gasteiger partial charge in [-0.15, -0.1) is 0 Å². The second-order valence-electron chi connectivity index (χ2n) is 4.30. The Labute approximate surface area is 122 Å². The Morgan fingerprint density at radius 2 is 1.76 bits per heavy atom. The molecule has 0 amide bonds. The van der Waals surface area contributed by atoms with Crippen LogP contribution in [0.5, 0.6) is 11.5 Å². The Balaban J connectivity index is 1.96. The third-order valence-corrected chi connectivity index (χ3v) is 2.83. The third kappa shape index (κ3) is 4.63. The summed E-state index contributed by atoms with van der Waals surface area (Å²) in [6.45, 7) is 0.329. The number of nitrogens with one attached hydrogen (secondary N) is 1. The van der Waals surface area contributed by atoms with Crippen LogP contribution >= 0.6 is 0 Å². The van der Waals surface area contributed by atoms with Gasteiger partial charge in [0.05, 0.1) is 6.61 Å². The van der Waals surface area contributed by atoms with Crippen LogP contribution in [0.2, 0.25) is 0 Å². The maximum Gasteiger partial charge on any atom is 0.387 e. The van der Waals surface area contributed by atoms with E-state index in [1.807, 2.05) is 31.2 Å². The number of ether oxygens (including phenoxy) is 2. The van der Waals surface area contributed by atoms with Crippen LogP contribution in [0.3, 0.4) is 0 Å². The smallest absolute Gasteiger partial charge is 0.387 e. The fraction of sp³-hybridized carbons (Fsp3) is 0.250. The molecular formula is C16H17F2NO2. The zero-order valence-electron chi connectivity index (χ0n) is 11.7. The number of halogens is 2. The van der Waals surface area contributed by atoms with Gasteiger partial charge in [-0.1, -0.05) is 18.2 Å². The molecule has 2 aromatic rings. The summed E-state index contributed by atoms with van der Waals surface area (Å²) in [5, 5.41) is 3.22. The zero-order valence-corrected chi connectivity index (χ0v) is 11.7. The first-order valence-corrected chi connectivity index (χ1v) is 6.68. The lowest BCUT2D eigenvalue weighted by atomic mass is 10.2. The molecule has 0 fully saturated rings. The molecule has 0 heterocycles.